The predicted molar refractivity (Wildman–Crippen MR) is 76.1 cm³/mol. The first-order valence-corrected chi connectivity index (χ1v) is 7.54. The van der Waals surface area contributed by atoms with Crippen LogP contribution in [0.3, 0.4) is 0 Å². The number of rotatable bonds is 3. The summed E-state index contributed by atoms with van der Waals surface area (Å²) in [6.45, 7) is 9.64. The molecule has 2 aliphatic rings. The van der Waals surface area contributed by atoms with Gasteiger partial charge in [0.1, 0.15) is 11.6 Å². The Kier molecular flexibility index (Phi) is 4.37. The Morgan fingerprint density at radius 1 is 1.40 bits per heavy atom. The number of hydrogen-bond donors (Lipinski definition) is 1. The summed E-state index contributed by atoms with van der Waals surface area (Å²) < 4.78 is 5.49. The second-order valence-corrected chi connectivity index (χ2v) is 6.84. The van der Waals surface area contributed by atoms with Gasteiger partial charge in [0.2, 0.25) is 11.8 Å². The lowest BCUT2D eigenvalue weighted by molar-refractivity contribution is -0.156. The van der Waals surface area contributed by atoms with Crippen LogP contribution in [0.25, 0.3) is 0 Å². The van der Waals surface area contributed by atoms with E-state index in [1.165, 1.54) is 0 Å². The summed E-state index contributed by atoms with van der Waals surface area (Å²) in [7, 11) is 0. The summed E-state index contributed by atoms with van der Waals surface area (Å²) >= 11 is 0. The maximum Gasteiger partial charge on any atom is 0.248 e. The van der Waals surface area contributed by atoms with Gasteiger partial charge in [0.25, 0.3) is 0 Å². The average molecular weight is 282 g/mol. The molecule has 2 aliphatic heterocycles. The molecule has 20 heavy (non-hydrogen) atoms. The van der Waals surface area contributed by atoms with E-state index >= 15 is 0 Å². The van der Waals surface area contributed by atoms with Gasteiger partial charge in [-0.25, -0.2) is 0 Å². The van der Waals surface area contributed by atoms with E-state index in [9.17, 15) is 9.59 Å². The van der Waals surface area contributed by atoms with Gasteiger partial charge in [-0.05, 0) is 38.5 Å². The minimum atomic E-state index is -0.808. The van der Waals surface area contributed by atoms with Crippen LogP contribution >= 0.6 is 0 Å². The van der Waals surface area contributed by atoms with Crippen molar-refractivity contribution in [2.75, 3.05) is 19.8 Å². The van der Waals surface area contributed by atoms with Gasteiger partial charge in [0.05, 0.1) is 6.61 Å². The molecule has 2 unspecified atom stereocenters. The third-order valence-electron chi connectivity index (χ3n) is 4.18. The molecule has 5 nitrogen and oxygen atoms in total. The molecular formula is C15H26N2O3. The molecule has 2 atom stereocenters. The zero-order valence-electron chi connectivity index (χ0n) is 12.9. The van der Waals surface area contributed by atoms with Gasteiger partial charge in [-0.2, -0.15) is 0 Å². The van der Waals surface area contributed by atoms with Crippen molar-refractivity contribution in [3.05, 3.63) is 0 Å². The molecular weight excluding hydrogens is 256 g/mol. The summed E-state index contributed by atoms with van der Waals surface area (Å²) in [6, 6.07) is -0.363. The highest BCUT2D eigenvalue weighted by atomic mass is 16.5. The highest BCUT2D eigenvalue weighted by molar-refractivity contribution is 5.99. The first kappa shape index (κ1) is 15.3. The van der Waals surface area contributed by atoms with E-state index in [1.807, 2.05) is 13.8 Å². The lowest BCUT2D eigenvalue weighted by Gasteiger charge is -2.45. The van der Waals surface area contributed by atoms with Gasteiger partial charge >= 0.3 is 0 Å². The predicted octanol–water partition coefficient (Wildman–Crippen LogP) is 1.17. The lowest BCUT2D eigenvalue weighted by Crippen LogP contribution is -2.69. The van der Waals surface area contributed by atoms with Crippen molar-refractivity contribution in [3.8, 4) is 0 Å². The molecule has 0 aromatic rings. The second-order valence-electron chi connectivity index (χ2n) is 6.84. The monoisotopic (exact) mass is 282 g/mol. The molecule has 0 spiro atoms. The Balaban J connectivity index is 2.18. The number of ether oxygens (including phenoxy) is 1. The summed E-state index contributed by atoms with van der Waals surface area (Å²) in [5.74, 6) is 0.429. The Labute approximate surface area is 121 Å². The first-order chi connectivity index (χ1) is 9.33. The lowest BCUT2D eigenvalue weighted by atomic mass is 9.89. The minimum Gasteiger partial charge on any atom is -0.381 e. The van der Waals surface area contributed by atoms with Crippen LogP contribution < -0.4 is 5.32 Å². The molecule has 0 radical (unpaired) electrons. The zero-order chi connectivity index (χ0) is 14.9. The number of nitrogens with zero attached hydrogens (tertiary/aromatic N) is 1. The van der Waals surface area contributed by atoms with Crippen LogP contribution in [0.1, 0.15) is 40.5 Å². The number of carbonyl (C=O) groups excluding carboxylic acids is 2. The number of piperazine rings is 1. The summed E-state index contributed by atoms with van der Waals surface area (Å²) in [6.07, 6.45) is 2.10. The standard InChI is InChI=1S/C15H26N2O3/c1-10(2)12-13(18)16-15(3,4)14(19)17(12)8-11-6-5-7-20-9-11/h10-12H,5-9H2,1-4H3,(H,16,18). The van der Waals surface area contributed by atoms with Gasteiger partial charge in [-0.15, -0.1) is 0 Å². The molecule has 0 saturated carbocycles. The first-order valence-electron chi connectivity index (χ1n) is 7.54. The molecule has 5 heteroatoms. The molecule has 2 amide bonds. The van der Waals surface area contributed by atoms with Crippen molar-refractivity contribution < 1.29 is 14.3 Å². The maximum atomic E-state index is 12.7. The summed E-state index contributed by atoms with van der Waals surface area (Å²) in [5.41, 5.74) is -0.808. The fourth-order valence-electron chi connectivity index (χ4n) is 3.15. The van der Waals surface area contributed by atoms with E-state index in [0.29, 0.717) is 19.1 Å². The number of hydrogen-bond acceptors (Lipinski definition) is 3. The van der Waals surface area contributed by atoms with Crippen molar-refractivity contribution in [2.24, 2.45) is 11.8 Å². The van der Waals surface area contributed by atoms with E-state index in [2.05, 4.69) is 5.32 Å². The van der Waals surface area contributed by atoms with E-state index in [-0.39, 0.29) is 23.8 Å². The third kappa shape index (κ3) is 2.97. The van der Waals surface area contributed by atoms with Gasteiger partial charge < -0.3 is 15.0 Å². The Morgan fingerprint density at radius 3 is 2.65 bits per heavy atom. The SMILES string of the molecule is CC(C)C1C(=O)NC(C)(C)C(=O)N1CC1CCCOC1. The van der Waals surface area contributed by atoms with Crippen LogP contribution in [0.2, 0.25) is 0 Å². The van der Waals surface area contributed by atoms with Crippen LogP contribution in [-0.4, -0.2) is 48.1 Å². The smallest absolute Gasteiger partial charge is 0.248 e. The van der Waals surface area contributed by atoms with Gasteiger partial charge in [-0.1, -0.05) is 13.8 Å². The number of carbonyl (C=O) groups is 2. The fourth-order valence-corrected chi connectivity index (χ4v) is 3.15. The molecule has 0 aromatic heterocycles. The number of nitrogens with one attached hydrogen (secondary N) is 1. The van der Waals surface area contributed by atoms with Crippen LogP contribution in [0.4, 0.5) is 0 Å². The van der Waals surface area contributed by atoms with E-state index in [0.717, 1.165) is 19.4 Å². The summed E-state index contributed by atoms with van der Waals surface area (Å²) in [5, 5.41) is 2.84. The minimum absolute atomic E-state index is 0.0152. The molecule has 2 saturated heterocycles. The molecule has 2 rings (SSSR count). The Hall–Kier alpha value is -1.10. The second kappa shape index (κ2) is 5.72. The Bertz CT molecular complexity index is 387. The molecule has 0 aromatic carbocycles. The van der Waals surface area contributed by atoms with Gasteiger partial charge in [-0.3, -0.25) is 9.59 Å². The van der Waals surface area contributed by atoms with Crippen molar-refractivity contribution in [1.82, 2.24) is 10.2 Å². The van der Waals surface area contributed by atoms with Crippen LogP contribution in [0, 0.1) is 11.8 Å². The normalized spacial score (nSPS) is 30.6. The van der Waals surface area contributed by atoms with E-state index in [4.69, 9.17) is 4.74 Å². The quantitative estimate of drug-likeness (QED) is 0.845. The zero-order valence-corrected chi connectivity index (χ0v) is 12.9. The largest absolute Gasteiger partial charge is 0.381 e. The maximum absolute atomic E-state index is 12.7. The van der Waals surface area contributed by atoms with Crippen LogP contribution in [0.15, 0.2) is 0 Å². The molecule has 2 fully saturated rings. The third-order valence-corrected chi connectivity index (χ3v) is 4.18. The molecule has 2 heterocycles. The number of amides is 2. The highest BCUT2D eigenvalue weighted by Gasteiger charge is 2.46. The van der Waals surface area contributed by atoms with Crippen molar-refractivity contribution >= 4 is 11.8 Å². The highest BCUT2D eigenvalue weighted by Crippen LogP contribution is 2.25. The average Bonchev–Trinajstić information content (AvgIpc) is 2.36. The van der Waals surface area contributed by atoms with Crippen molar-refractivity contribution in [1.29, 1.82) is 0 Å². The molecule has 0 bridgehead atoms. The van der Waals surface area contributed by atoms with Gasteiger partial charge in [0, 0.05) is 13.2 Å². The Morgan fingerprint density at radius 2 is 2.10 bits per heavy atom. The van der Waals surface area contributed by atoms with E-state index < -0.39 is 5.54 Å². The summed E-state index contributed by atoms with van der Waals surface area (Å²) in [4.78, 5) is 26.7. The molecule has 114 valence electrons. The van der Waals surface area contributed by atoms with Crippen LogP contribution in [0.5, 0.6) is 0 Å². The van der Waals surface area contributed by atoms with Gasteiger partial charge in [0.15, 0.2) is 0 Å². The van der Waals surface area contributed by atoms with Crippen molar-refractivity contribution in [3.63, 3.8) is 0 Å². The topological polar surface area (TPSA) is 58.6 Å². The van der Waals surface area contributed by atoms with Crippen LogP contribution in [-0.2, 0) is 14.3 Å². The molecule has 0 aliphatic carbocycles. The fraction of sp³-hybridized carbons (Fsp3) is 0.867. The van der Waals surface area contributed by atoms with Crippen molar-refractivity contribution in [2.45, 2.75) is 52.1 Å². The van der Waals surface area contributed by atoms with E-state index in [1.54, 1.807) is 18.7 Å². The molecule has 1 N–H and O–H groups in total.